The van der Waals surface area contributed by atoms with Crippen molar-refractivity contribution < 1.29 is 9.66 Å². The van der Waals surface area contributed by atoms with Crippen LogP contribution < -0.4 is 9.75 Å². The third-order valence-electron chi connectivity index (χ3n) is 5.65. The fourth-order valence-electron chi connectivity index (χ4n) is 3.85. The first-order valence-corrected chi connectivity index (χ1v) is 11.7. The van der Waals surface area contributed by atoms with Crippen molar-refractivity contribution in [2.75, 3.05) is 12.1 Å². The maximum absolute atomic E-state index is 11.1. The third kappa shape index (κ3) is 4.37. The smallest absolute Gasteiger partial charge is 0.269 e. The minimum Gasteiger partial charge on any atom is -0.497 e. The Bertz CT molecular complexity index is 1350. The summed E-state index contributed by atoms with van der Waals surface area (Å²) < 4.78 is 5.27. The first-order chi connectivity index (χ1) is 16.5. The van der Waals surface area contributed by atoms with Crippen LogP contribution in [0.25, 0.3) is 11.3 Å². The molecule has 0 saturated heterocycles. The van der Waals surface area contributed by atoms with Crippen molar-refractivity contribution >= 4 is 39.5 Å². The van der Waals surface area contributed by atoms with Gasteiger partial charge >= 0.3 is 0 Å². The molecule has 34 heavy (non-hydrogen) atoms. The molecule has 0 aliphatic carbocycles. The van der Waals surface area contributed by atoms with Gasteiger partial charge in [0.05, 0.1) is 29.5 Å². The molecule has 0 radical (unpaired) electrons. The molecule has 0 saturated carbocycles. The van der Waals surface area contributed by atoms with Crippen LogP contribution in [0.2, 0.25) is 5.02 Å². The fraction of sp³-hybridized carbons (Fsp3) is 0.120. The lowest BCUT2D eigenvalue weighted by molar-refractivity contribution is -0.384. The number of methoxy groups -OCH3 is 1. The normalized spacial score (nSPS) is 15.3. The van der Waals surface area contributed by atoms with Crippen molar-refractivity contribution in [3.8, 4) is 17.0 Å². The van der Waals surface area contributed by atoms with Crippen molar-refractivity contribution in [3.05, 3.63) is 104 Å². The Hall–Kier alpha value is -3.75. The second-order valence-electron chi connectivity index (χ2n) is 7.71. The molecule has 1 aliphatic heterocycles. The van der Waals surface area contributed by atoms with Crippen molar-refractivity contribution in [2.24, 2.45) is 5.10 Å². The molecule has 1 atom stereocenters. The van der Waals surface area contributed by atoms with Gasteiger partial charge in [-0.3, -0.25) is 10.1 Å². The van der Waals surface area contributed by atoms with Crippen LogP contribution in [0.15, 0.2) is 83.3 Å². The van der Waals surface area contributed by atoms with E-state index in [0.717, 1.165) is 39.0 Å². The molecule has 0 N–H and O–H groups in total. The SMILES string of the molecule is COc1ccc(C2=NN(c3nc(-c4ccc(Cl)cc4)cs3)C(c3ccc([N+](=O)[O-])cc3)C2)cc1. The number of anilines is 1. The summed E-state index contributed by atoms with van der Waals surface area (Å²) in [6.07, 6.45) is 0.639. The molecule has 170 valence electrons. The molecule has 9 heteroatoms. The van der Waals surface area contributed by atoms with Gasteiger partial charge in [-0.1, -0.05) is 35.9 Å². The molecule has 1 aromatic heterocycles. The average Bonchev–Trinajstić information content (AvgIpc) is 3.52. The average molecular weight is 491 g/mol. The number of nitro benzene ring substituents is 1. The number of benzene rings is 3. The van der Waals surface area contributed by atoms with Crippen LogP contribution in [-0.4, -0.2) is 22.7 Å². The van der Waals surface area contributed by atoms with E-state index in [1.807, 2.05) is 58.9 Å². The zero-order valence-electron chi connectivity index (χ0n) is 18.1. The van der Waals surface area contributed by atoms with Crippen LogP contribution in [-0.2, 0) is 0 Å². The van der Waals surface area contributed by atoms with Gasteiger partial charge in [-0.25, -0.2) is 9.99 Å². The van der Waals surface area contributed by atoms with Gasteiger partial charge in [-0.15, -0.1) is 11.3 Å². The molecule has 1 aliphatic rings. The lowest BCUT2D eigenvalue weighted by Gasteiger charge is -2.21. The molecule has 3 aromatic carbocycles. The summed E-state index contributed by atoms with van der Waals surface area (Å²) >= 11 is 7.53. The number of hydrogen-bond donors (Lipinski definition) is 0. The van der Waals surface area contributed by atoms with E-state index in [-0.39, 0.29) is 11.7 Å². The van der Waals surface area contributed by atoms with E-state index in [1.165, 1.54) is 23.5 Å². The number of rotatable bonds is 6. The maximum Gasteiger partial charge on any atom is 0.269 e. The van der Waals surface area contributed by atoms with Gasteiger partial charge in [0.25, 0.3) is 5.69 Å². The number of aromatic nitrogens is 1. The number of nitro groups is 1. The molecule has 0 amide bonds. The van der Waals surface area contributed by atoms with Gasteiger partial charge in [0.2, 0.25) is 5.13 Å². The maximum atomic E-state index is 11.1. The molecular weight excluding hydrogens is 472 g/mol. The second-order valence-corrected chi connectivity index (χ2v) is 8.98. The van der Waals surface area contributed by atoms with E-state index in [1.54, 1.807) is 19.2 Å². The quantitative estimate of drug-likeness (QED) is 0.221. The molecule has 2 heterocycles. The Balaban J connectivity index is 1.51. The van der Waals surface area contributed by atoms with E-state index in [0.29, 0.717) is 11.4 Å². The van der Waals surface area contributed by atoms with Crippen molar-refractivity contribution in [2.45, 2.75) is 12.5 Å². The van der Waals surface area contributed by atoms with Crippen molar-refractivity contribution in [3.63, 3.8) is 0 Å². The predicted molar refractivity (Wildman–Crippen MR) is 135 cm³/mol. The van der Waals surface area contributed by atoms with Crippen molar-refractivity contribution in [1.82, 2.24) is 4.98 Å². The molecule has 0 bridgehead atoms. The number of hydrazone groups is 1. The topological polar surface area (TPSA) is 80.9 Å². The minimum absolute atomic E-state index is 0.0591. The highest BCUT2D eigenvalue weighted by atomic mass is 35.5. The van der Waals surface area contributed by atoms with Gasteiger partial charge in [-0.05, 0) is 47.5 Å². The first-order valence-electron chi connectivity index (χ1n) is 10.5. The summed E-state index contributed by atoms with van der Waals surface area (Å²) in [5, 5.41) is 21.4. The molecule has 0 spiro atoms. The third-order valence-corrected chi connectivity index (χ3v) is 6.73. The number of hydrogen-bond acceptors (Lipinski definition) is 7. The number of ether oxygens (including phenoxy) is 1. The molecular formula is C25H19ClN4O3S. The summed E-state index contributed by atoms with van der Waals surface area (Å²) in [7, 11) is 1.63. The lowest BCUT2D eigenvalue weighted by Crippen LogP contribution is -2.18. The van der Waals surface area contributed by atoms with Gasteiger partial charge in [0, 0.05) is 34.5 Å². The van der Waals surface area contributed by atoms with Gasteiger partial charge < -0.3 is 4.74 Å². The fourth-order valence-corrected chi connectivity index (χ4v) is 4.80. The van der Waals surface area contributed by atoms with Crippen LogP contribution in [0.4, 0.5) is 10.8 Å². The molecule has 5 rings (SSSR count). The van der Waals surface area contributed by atoms with E-state index in [4.69, 9.17) is 26.4 Å². The van der Waals surface area contributed by atoms with Crippen LogP contribution in [0, 0.1) is 10.1 Å². The van der Waals surface area contributed by atoms with Crippen LogP contribution >= 0.6 is 22.9 Å². The summed E-state index contributed by atoms with van der Waals surface area (Å²) in [6.45, 7) is 0. The van der Waals surface area contributed by atoms with E-state index < -0.39 is 4.92 Å². The Morgan fingerprint density at radius 1 is 1.03 bits per heavy atom. The van der Waals surface area contributed by atoms with Gasteiger partial charge in [0.15, 0.2) is 0 Å². The largest absolute Gasteiger partial charge is 0.497 e. The summed E-state index contributed by atoms with van der Waals surface area (Å²) in [5.41, 5.74) is 4.70. The predicted octanol–water partition coefficient (Wildman–Crippen LogP) is 6.74. The number of halogens is 1. The van der Waals surface area contributed by atoms with Gasteiger partial charge in [-0.2, -0.15) is 5.10 Å². The van der Waals surface area contributed by atoms with Crippen LogP contribution in [0.3, 0.4) is 0 Å². The Labute approximate surface area is 205 Å². The minimum atomic E-state index is -0.394. The standard InChI is InChI=1S/C25H19ClN4O3S/c1-33-21-12-6-16(7-13-21)22-14-24(18-4-10-20(11-5-18)30(31)32)29(28-22)25-27-23(15-34-25)17-2-8-19(26)9-3-17/h2-13,15,24H,14H2,1H3. The highest BCUT2D eigenvalue weighted by Crippen LogP contribution is 2.40. The number of non-ortho nitro benzene ring substituents is 1. The highest BCUT2D eigenvalue weighted by Gasteiger charge is 2.32. The molecule has 0 fully saturated rings. The Morgan fingerprint density at radius 3 is 2.35 bits per heavy atom. The van der Waals surface area contributed by atoms with Gasteiger partial charge in [0.1, 0.15) is 5.75 Å². The van der Waals surface area contributed by atoms with Crippen molar-refractivity contribution in [1.29, 1.82) is 0 Å². The number of nitrogens with zero attached hydrogens (tertiary/aromatic N) is 4. The Morgan fingerprint density at radius 2 is 1.71 bits per heavy atom. The number of thiazole rings is 1. The van der Waals surface area contributed by atoms with E-state index >= 15 is 0 Å². The summed E-state index contributed by atoms with van der Waals surface area (Å²) in [4.78, 5) is 15.6. The monoisotopic (exact) mass is 490 g/mol. The summed E-state index contributed by atoms with van der Waals surface area (Å²) in [6, 6.07) is 21.8. The van der Waals surface area contributed by atoms with E-state index in [9.17, 15) is 10.1 Å². The zero-order valence-corrected chi connectivity index (χ0v) is 19.7. The second kappa shape index (κ2) is 9.24. The highest BCUT2D eigenvalue weighted by molar-refractivity contribution is 7.14. The molecule has 1 unspecified atom stereocenters. The first kappa shape index (κ1) is 22.1. The molecule has 4 aromatic rings. The Kier molecular flexibility index (Phi) is 6.00. The van der Waals surface area contributed by atoms with E-state index in [2.05, 4.69) is 0 Å². The van der Waals surface area contributed by atoms with Crippen LogP contribution in [0.5, 0.6) is 5.75 Å². The molecule has 7 nitrogen and oxygen atoms in total. The zero-order chi connectivity index (χ0) is 23.7. The summed E-state index contributed by atoms with van der Waals surface area (Å²) in [5.74, 6) is 0.777. The lowest BCUT2D eigenvalue weighted by atomic mass is 9.98. The van der Waals surface area contributed by atoms with Crippen LogP contribution in [0.1, 0.15) is 23.6 Å².